The van der Waals surface area contributed by atoms with Crippen LogP contribution in [-0.2, 0) is 0 Å². The highest BCUT2D eigenvalue weighted by atomic mass is 79.9. The van der Waals surface area contributed by atoms with Gasteiger partial charge in [0.1, 0.15) is 15.5 Å². The molecular formula is C18H6Br14O2. The molecule has 0 aromatic heterocycles. The molecule has 0 radical (unpaired) electrons. The summed E-state index contributed by atoms with van der Waals surface area (Å²) in [6.45, 7) is 0. The molecule has 0 spiro atoms. The third-order valence-electron chi connectivity index (χ3n) is 4.68. The first-order valence-electron chi connectivity index (χ1n) is 8.48. The number of rotatable bonds is 4. The minimum atomic E-state index is -1.19. The molecule has 2 aromatic rings. The van der Waals surface area contributed by atoms with E-state index in [9.17, 15) is 0 Å². The number of halogens is 14. The largest absolute Gasteiger partial charge is 0.467 e. The summed E-state index contributed by atoms with van der Waals surface area (Å²) < 4.78 is 11.3. The number of benzene rings is 2. The summed E-state index contributed by atoms with van der Waals surface area (Å²) in [5, 5.41) is 0. The molecule has 1 aliphatic rings. The van der Waals surface area contributed by atoms with Crippen molar-refractivity contribution in [2.24, 2.45) is 0 Å². The molecule has 0 N–H and O–H groups in total. The number of hydrogen-bond donors (Lipinski definition) is 0. The average Bonchev–Trinajstić information content (AvgIpc) is 2.77. The Morgan fingerprint density at radius 2 is 1.06 bits per heavy atom. The summed E-state index contributed by atoms with van der Waals surface area (Å²) in [4.78, 5) is -0.439. The van der Waals surface area contributed by atoms with Crippen LogP contribution in [0.1, 0.15) is 0 Å². The smallest absolute Gasteiger partial charge is 0.205 e. The molecule has 0 saturated heterocycles. The van der Waals surface area contributed by atoms with E-state index in [0.717, 1.165) is 8.95 Å². The number of para-hydroxylation sites is 1. The zero-order valence-electron chi connectivity index (χ0n) is 15.6. The summed E-state index contributed by atoms with van der Waals surface area (Å²) in [5.74, 6) is 1.53. The van der Waals surface area contributed by atoms with Gasteiger partial charge in [-0.1, -0.05) is 162 Å². The fourth-order valence-electron chi connectivity index (χ4n) is 2.82. The van der Waals surface area contributed by atoms with Gasteiger partial charge in [-0.3, -0.25) is 0 Å². The molecule has 2 aromatic carbocycles. The van der Waals surface area contributed by atoms with Gasteiger partial charge in [0.15, 0.2) is 14.7 Å². The standard InChI is InChI=1S/C18H6Br14O2/c19-7-8(20)10(22)12(11(9(7)21)33-6-4-2-1-3-5-6)34-15(26)13(23)14(24,25)16(27,28)18(31,32)17(15,29)30/h1-5,13H. The lowest BCUT2D eigenvalue weighted by atomic mass is 9.95. The van der Waals surface area contributed by atoms with Gasteiger partial charge in [0.2, 0.25) is 4.51 Å². The van der Waals surface area contributed by atoms with Gasteiger partial charge in [0, 0.05) is 0 Å². The van der Waals surface area contributed by atoms with Crippen molar-refractivity contribution in [2.45, 2.75) is 22.3 Å². The molecule has 1 aliphatic carbocycles. The van der Waals surface area contributed by atoms with Gasteiger partial charge < -0.3 is 9.47 Å². The molecule has 2 unspecified atom stereocenters. The fourth-order valence-corrected chi connectivity index (χ4v) is 15.8. The van der Waals surface area contributed by atoms with E-state index in [0.29, 0.717) is 26.2 Å². The Morgan fingerprint density at radius 3 is 1.56 bits per heavy atom. The van der Waals surface area contributed by atoms with Crippen LogP contribution in [0.3, 0.4) is 0 Å². The molecular weight excluding hydrogens is 1370 g/mol. The van der Waals surface area contributed by atoms with Gasteiger partial charge in [-0.05, 0) is 91.8 Å². The molecule has 1 fully saturated rings. The Labute approximate surface area is 314 Å². The third kappa shape index (κ3) is 5.35. The van der Waals surface area contributed by atoms with E-state index in [2.05, 4.69) is 223 Å². The molecule has 0 amide bonds. The fraction of sp³-hybridized carbons (Fsp3) is 0.333. The summed E-state index contributed by atoms with van der Waals surface area (Å²) in [5.41, 5.74) is 0. The van der Waals surface area contributed by atoms with Gasteiger partial charge >= 0.3 is 0 Å². The van der Waals surface area contributed by atoms with Crippen molar-refractivity contribution in [1.82, 2.24) is 0 Å². The second-order valence-corrected chi connectivity index (χ2v) is 25.9. The first-order valence-corrected chi connectivity index (χ1v) is 19.7. The molecule has 188 valence electrons. The van der Waals surface area contributed by atoms with Crippen LogP contribution in [0.2, 0.25) is 0 Å². The van der Waals surface area contributed by atoms with Crippen molar-refractivity contribution < 1.29 is 9.47 Å². The first-order chi connectivity index (χ1) is 15.4. The van der Waals surface area contributed by atoms with Crippen LogP contribution in [0.25, 0.3) is 0 Å². The van der Waals surface area contributed by atoms with E-state index in [1.807, 2.05) is 30.3 Å². The minimum absolute atomic E-state index is 0.429. The van der Waals surface area contributed by atoms with E-state index in [4.69, 9.17) is 9.47 Å². The van der Waals surface area contributed by atoms with Crippen molar-refractivity contribution in [3.8, 4) is 17.2 Å². The molecule has 2 nitrogen and oxygen atoms in total. The second-order valence-electron chi connectivity index (χ2n) is 6.79. The zero-order chi connectivity index (χ0) is 26.1. The molecule has 2 atom stereocenters. The Balaban J connectivity index is 2.27. The molecule has 0 bridgehead atoms. The van der Waals surface area contributed by atoms with Crippen LogP contribution in [0, 0.1) is 0 Å². The highest BCUT2D eigenvalue weighted by Crippen LogP contribution is 2.77. The normalized spacial score (nSPS) is 26.7. The second kappa shape index (κ2) is 11.8. The predicted octanol–water partition coefficient (Wildman–Crippen LogP) is 13.7. The van der Waals surface area contributed by atoms with Crippen molar-refractivity contribution in [3.05, 3.63) is 48.2 Å². The molecule has 3 rings (SSSR count). The van der Waals surface area contributed by atoms with Gasteiger partial charge in [0.25, 0.3) is 0 Å². The number of ether oxygens (including phenoxy) is 2. The summed E-state index contributed by atoms with van der Waals surface area (Å²) in [6, 6.07) is 9.45. The van der Waals surface area contributed by atoms with Crippen molar-refractivity contribution >= 4 is 223 Å². The van der Waals surface area contributed by atoms with Crippen LogP contribution < -0.4 is 9.47 Å². The maximum absolute atomic E-state index is 6.85. The Hall–Kier alpha value is 4.76. The van der Waals surface area contributed by atoms with Crippen molar-refractivity contribution in [1.29, 1.82) is 0 Å². The first kappa shape index (κ1) is 33.3. The van der Waals surface area contributed by atoms with Crippen LogP contribution in [0.5, 0.6) is 17.2 Å². The maximum atomic E-state index is 6.85. The molecule has 1 saturated carbocycles. The van der Waals surface area contributed by atoms with Crippen molar-refractivity contribution in [3.63, 3.8) is 0 Å². The van der Waals surface area contributed by atoms with Crippen LogP contribution in [0.4, 0.5) is 0 Å². The number of alkyl halides is 10. The lowest BCUT2D eigenvalue weighted by Gasteiger charge is -2.62. The predicted molar refractivity (Wildman–Crippen MR) is 191 cm³/mol. The highest BCUT2D eigenvalue weighted by Gasteiger charge is 2.81. The van der Waals surface area contributed by atoms with E-state index < -0.39 is 22.3 Å². The van der Waals surface area contributed by atoms with E-state index >= 15 is 0 Å². The molecule has 0 heterocycles. The number of hydrogen-bond acceptors (Lipinski definition) is 2. The van der Waals surface area contributed by atoms with Crippen LogP contribution >= 0.6 is 223 Å². The SMILES string of the molecule is Brc1c(Br)c(Br)c(OC2(Br)C(Br)C(Br)(Br)C(Br)(Br)C(Br)(Br)C2(Br)Br)c(Oc2ccccc2)c1Br. The lowest BCUT2D eigenvalue weighted by molar-refractivity contribution is 0.131. The minimum Gasteiger partial charge on any atom is -0.467 e. The molecule has 0 aliphatic heterocycles. The van der Waals surface area contributed by atoms with Gasteiger partial charge in [-0.25, -0.2) is 0 Å². The Bertz CT molecular complexity index is 1100. The third-order valence-corrected chi connectivity index (χ3v) is 30.5. The monoisotopic (exact) mass is 1360 g/mol. The Morgan fingerprint density at radius 1 is 0.588 bits per heavy atom. The van der Waals surface area contributed by atoms with Crippen molar-refractivity contribution in [2.75, 3.05) is 0 Å². The average molecular weight is 1370 g/mol. The topological polar surface area (TPSA) is 18.5 Å². The summed E-state index contributed by atoms with van der Waals surface area (Å²) >= 11 is 52.9. The van der Waals surface area contributed by atoms with Crippen LogP contribution in [0.15, 0.2) is 48.2 Å². The van der Waals surface area contributed by atoms with Gasteiger partial charge in [-0.2, -0.15) is 0 Å². The van der Waals surface area contributed by atoms with E-state index in [1.54, 1.807) is 0 Å². The summed E-state index contributed by atoms with van der Waals surface area (Å²) in [6.07, 6.45) is 0. The van der Waals surface area contributed by atoms with E-state index in [-0.39, 0.29) is 0 Å². The molecule has 34 heavy (non-hydrogen) atoms. The quantitative estimate of drug-likeness (QED) is 0.173. The molecule has 16 heteroatoms. The van der Waals surface area contributed by atoms with E-state index in [1.165, 1.54) is 0 Å². The summed E-state index contributed by atoms with van der Waals surface area (Å²) in [7, 11) is 0. The highest BCUT2D eigenvalue weighted by molar-refractivity contribution is 9.35. The van der Waals surface area contributed by atoms with Crippen LogP contribution in [-0.4, -0.2) is 22.3 Å². The zero-order valence-corrected chi connectivity index (χ0v) is 37.8. The van der Waals surface area contributed by atoms with Gasteiger partial charge in [-0.15, -0.1) is 0 Å². The Kier molecular flexibility index (Phi) is 11.5. The van der Waals surface area contributed by atoms with Gasteiger partial charge in [0.05, 0.1) is 22.7 Å². The lowest BCUT2D eigenvalue weighted by Crippen LogP contribution is -2.76. The maximum Gasteiger partial charge on any atom is 0.205 e.